The van der Waals surface area contributed by atoms with Gasteiger partial charge in [0.1, 0.15) is 5.82 Å². The second-order valence-corrected chi connectivity index (χ2v) is 7.12. The van der Waals surface area contributed by atoms with Gasteiger partial charge in [0.05, 0.1) is 11.2 Å². The van der Waals surface area contributed by atoms with E-state index in [-0.39, 0.29) is 0 Å². The first-order valence-corrected chi connectivity index (χ1v) is 9.60. The number of hydrogen-bond acceptors (Lipinski definition) is 5. The average molecular weight is 370 g/mol. The van der Waals surface area contributed by atoms with Gasteiger partial charge in [-0.05, 0) is 24.6 Å². The molecule has 6 nitrogen and oxygen atoms in total. The SMILES string of the molecule is Cc1cc2cnccc2n1-c1nc2c(c(NCc3ccccc3)n1)CNCC2. The van der Waals surface area contributed by atoms with E-state index < -0.39 is 0 Å². The van der Waals surface area contributed by atoms with Crippen LogP contribution in [0.1, 0.15) is 22.5 Å². The smallest absolute Gasteiger partial charge is 0.236 e. The number of nitrogens with one attached hydrogen (secondary N) is 2. The lowest BCUT2D eigenvalue weighted by Gasteiger charge is -2.21. The Balaban J connectivity index is 1.60. The van der Waals surface area contributed by atoms with Gasteiger partial charge in [-0.3, -0.25) is 9.55 Å². The normalized spacial score (nSPS) is 13.5. The van der Waals surface area contributed by atoms with Crippen molar-refractivity contribution in [3.8, 4) is 5.95 Å². The first-order valence-electron chi connectivity index (χ1n) is 9.60. The van der Waals surface area contributed by atoms with Crippen LogP contribution in [0.15, 0.2) is 54.9 Å². The topological polar surface area (TPSA) is 67.7 Å². The third-order valence-corrected chi connectivity index (χ3v) is 5.21. The third-order valence-electron chi connectivity index (χ3n) is 5.21. The summed E-state index contributed by atoms with van der Waals surface area (Å²) in [5.74, 6) is 1.63. The third kappa shape index (κ3) is 3.01. The Morgan fingerprint density at radius 1 is 1.14 bits per heavy atom. The molecule has 3 aromatic heterocycles. The molecule has 6 heteroatoms. The van der Waals surface area contributed by atoms with Gasteiger partial charge in [-0.1, -0.05) is 30.3 Å². The molecule has 0 fully saturated rings. The molecule has 2 N–H and O–H groups in total. The van der Waals surface area contributed by atoms with Crippen molar-refractivity contribution in [2.24, 2.45) is 0 Å². The lowest BCUT2D eigenvalue weighted by Crippen LogP contribution is -2.27. The molecular formula is C22H22N6. The number of benzene rings is 1. The van der Waals surface area contributed by atoms with Crippen molar-refractivity contribution < 1.29 is 0 Å². The molecule has 0 radical (unpaired) electrons. The molecule has 28 heavy (non-hydrogen) atoms. The fraction of sp³-hybridized carbons (Fsp3) is 0.227. The highest BCUT2D eigenvalue weighted by Gasteiger charge is 2.20. The Morgan fingerprint density at radius 2 is 2.04 bits per heavy atom. The van der Waals surface area contributed by atoms with Crippen molar-refractivity contribution >= 4 is 16.7 Å². The molecule has 1 aromatic carbocycles. The number of fused-ring (bicyclic) bond motifs is 2. The minimum atomic E-state index is 0.718. The minimum Gasteiger partial charge on any atom is -0.366 e. The molecule has 0 atom stereocenters. The van der Waals surface area contributed by atoms with Crippen LogP contribution in [0.4, 0.5) is 5.82 Å². The number of pyridine rings is 1. The van der Waals surface area contributed by atoms with Gasteiger partial charge in [-0.15, -0.1) is 0 Å². The second kappa shape index (κ2) is 7.05. The number of rotatable bonds is 4. The Hall–Kier alpha value is -3.25. The van der Waals surface area contributed by atoms with E-state index in [0.717, 1.165) is 60.1 Å². The summed E-state index contributed by atoms with van der Waals surface area (Å²) in [6.45, 7) is 4.56. The average Bonchev–Trinajstić information content (AvgIpc) is 3.08. The van der Waals surface area contributed by atoms with E-state index in [0.29, 0.717) is 0 Å². The predicted octanol–water partition coefficient (Wildman–Crippen LogP) is 3.38. The lowest BCUT2D eigenvalue weighted by molar-refractivity contribution is 0.624. The number of nitrogens with zero attached hydrogens (tertiary/aromatic N) is 4. The first-order chi connectivity index (χ1) is 13.8. The van der Waals surface area contributed by atoms with Crippen molar-refractivity contribution in [1.82, 2.24) is 24.8 Å². The quantitative estimate of drug-likeness (QED) is 0.576. The molecule has 4 heterocycles. The van der Waals surface area contributed by atoms with Gasteiger partial charge in [-0.25, -0.2) is 4.98 Å². The van der Waals surface area contributed by atoms with E-state index >= 15 is 0 Å². The van der Waals surface area contributed by atoms with Crippen LogP contribution in [0, 0.1) is 6.92 Å². The summed E-state index contributed by atoms with van der Waals surface area (Å²) in [4.78, 5) is 14.1. The van der Waals surface area contributed by atoms with E-state index in [1.165, 1.54) is 11.1 Å². The fourth-order valence-electron chi connectivity index (χ4n) is 3.82. The molecule has 1 aliphatic rings. The number of anilines is 1. The van der Waals surface area contributed by atoms with E-state index in [2.05, 4.69) is 57.4 Å². The standard InChI is InChI=1S/C22H22N6/c1-15-11-17-13-23-10-8-20(17)28(15)22-26-19-7-9-24-14-18(19)21(27-22)25-12-16-5-3-2-4-6-16/h2-6,8,10-11,13,24H,7,9,12,14H2,1H3,(H,25,26,27). The summed E-state index contributed by atoms with van der Waals surface area (Å²) >= 11 is 0. The first kappa shape index (κ1) is 16.9. The van der Waals surface area contributed by atoms with E-state index in [1.807, 2.05) is 24.5 Å². The zero-order valence-corrected chi connectivity index (χ0v) is 15.8. The summed E-state index contributed by atoms with van der Waals surface area (Å²) in [6, 6.07) is 14.5. The monoisotopic (exact) mass is 370 g/mol. The van der Waals surface area contributed by atoms with Crippen molar-refractivity contribution in [3.05, 3.63) is 77.4 Å². The zero-order chi connectivity index (χ0) is 18.9. The van der Waals surface area contributed by atoms with Gasteiger partial charge in [0.25, 0.3) is 0 Å². The van der Waals surface area contributed by atoms with Gasteiger partial charge in [0.2, 0.25) is 5.95 Å². The zero-order valence-electron chi connectivity index (χ0n) is 15.8. The van der Waals surface area contributed by atoms with Crippen LogP contribution in [0.2, 0.25) is 0 Å². The summed E-state index contributed by atoms with van der Waals surface area (Å²) < 4.78 is 2.12. The van der Waals surface area contributed by atoms with Crippen molar-refractivity contribution in [2.75, 3.05) is 11.9 Å². The molecule has 0 aliphatic carbocycles. The largest absolute Gasteiger partial charge is 0.366 e. The fourth-order valence-corrected chi connectivity index (χ4v) is 3.82. The Morgan fingerprint density at radius 3 is 2.93 bits per heavy atom. The highest BCUT2D eigenvalue weighted by molar-refractivity contribution is 5.81. The number of hydrogen-bond donors (Lipinski definition) is 2. The van der Waals surface area contributed by atoms with Crippen LogP contribution in [-0.4, -0.2) is 26.1 Å². The van der Waals surface area contributed by atoms with Gasteiger partial charge in [0.15, 0.2) is 0 Å². The summed E-state index contributed by atoms with van der Waals surface area (Å²) in [5.41, 5.74) is 5.70. The molecule has 4 aromatic rings. The molecule has 0 amide bonds. The van der Waals surface area contributed by atoms with Crippen LogP contribution in [0.3, 0.4) is 0 Å². The van der Waals surface area contributed by atoms with E-state index in [4.69, 9.17) is 9.97 Å². The van der Waals surface area contributed by atoms with Crippen LogP contribution < -0.4 is 10.6 Å². The number of aromatic nitrogens is 4. The molecule has 5 rings (SSSR count). The summed E-state index contributed by atoms with van der Waals surface area (Å²) in [5, 5.41) is 8.08. The molecule has 140 valence electrons. The lowest BCUT2D eigenvalue weighted by atomic mass is 10.1. The molecule has 0 saturated heterocycles. The highest BCUT2D eigenvalue weighted by Crippen LogP contribution is 2.26. The molecule has 0 bridgehead atoms. The molecule has 0 spiro atoms. The predicted molar refractivity (Wildman–Crippen MR) is 111 cm³/mol. The molecular weight excluding hydrogens is 348 g/mol. The Bertz CT molecular complexity index is 1130. The maximum atomic E-state index is 4.93. The van der Waals surface area contributed by atoms with Crippen LogP contribution in [0.5, 0.6) is 0 Å². The van der Waals surface area contributed by atoms with Gasteiger partial charge in [-0.2, -0.15) is 4.98 Å². The van der Waals surface area contributed by atoms with E-state index in [9.17, 15) is 0 Å². The Labute approximate surface area is 163 Å². The summed E-state index contributed by atoms with van der Waals surface area (Å²) in [6.07, 6.45) is 4.61. The molecule has 1 aliphatic heterocycles. The van der Waals surface area contributed by atoms with Crippen molar-refractivity contribution in [2.45, 2.75) is 26.4 Å². The number of aryl methyl sites for hydroxylation is 1. The maximum absolute atomic E-state index is 4.93. The summed E-state index contributed by atoms with van der Waals surface area (Å²) in [7, 11) is 0. The Kier molecular flexibility index (Phi) is 4.25. The van der Waals surface area contributed by atoms with Gasteiger partial charge >= 0.3 is 0 Å². The maximum Gasteiger partial charge on any atom is 0.236 e. The molecule has 0 unspecified atom stereocenters. The van der Waals surface area contributed by atoms with Crippen LogP contribution in [-0.2, 0) is 19.5 Å². The molecule has 0 saturated carbocycles. The van der Waals surface area contributed by atoms with Crippen molar-refractivity contribution in [1.29, 1.82) is 0 Å². The van der Waals surface area contributed by atoms with Crippen LogP contribution >= 0.6 is 0 Å². The van der Waals surface area contributed by atoms with Crippen molar-refractivity contribution in [3.63, 3.8) is 0 Å². The van der Waals surface area contributed by atoms with E-state index in [1.54, 1.807) is 0 Å². The van der Waals surface area contributed by atoms with Gasteiger partial charge in [0, 0.05) is 55.1 Å². The highest BCUT2D eigenvalue weighted by atomic mass is 15.2. The minimum absolute atomic E-state index is 0.718. The van der Waals surface area contributed by atoms with Crippen LogP contribution in [0.25, 0.3) is 16.9 Å². The second-order valence-electron chi connectivity index (χ2n) is 7.12. The van der Waals surface area contributed by atoms with Gasteiger partial charge < -0.3 is 10.6 Å².